The van der Waals surface area contributed by atoms with Crippen LogP contribution in [0.4, 0.5) is 0 Å². The van der Waals surface area contributed by atoms with E-state index in [1.54, 1.807) is 26.0 Å². The molecule has 0 radical (unpaired) electrons. The molecule has 1 aliphatic carbocycles. The van der Waals surface area contributed by atoms with Crippen molar-refractivity contribution in [3.63, 3.8) is 0 Å². The van der Waals surface area contributed by atoms with E-state index in [0.717, 1.165) is 17.3 Å². The fourth-order valence-electron chi connectivity index (χ4n) is 2.59. The second-order valence-electron chi connectivity index (χ2n) is 5.61. The van der Waals surface area contributed by atoms with Crippen molar-refractivity contribution < 1.29 is 14.6 Å². The topological polar surface area (TPSA) is 58.6 Å². The minimum absolute atomic E-state index is 0.0987. The van der Waals surface area contributed by atoms with E-state index < -0.39 is 12.2 Å². The molecule has 0 heterocycles. The van der Waals surface area contributed by atoms with Gasteiger partial charge in [-0.05, 0) is 38.8 Å². The molecule has 1 amide bonds. The van der Waals surface area contributed by atoms with Gasteiger partial charge in [-0.15, -0.1) is 0 Å². The normalized spacial score (nSPS) is 18.3. The van der Waals surface area contributed by atoms with Crippen molar-refractivity contribution in [2.24, 2.45) is 0 Å². The third-order valence-electron chi connectivity index (χ3n) is 3.80. The van der Waals surface area contributed by atoms with Gasteiger partial charge < -0.3 is 15.2 Å². The molecule has 2 N–H and O–H groups in total. The van der Waals surface area contributed by atoms with E-state index in [1.165, 1.54) is 12.8 Å². The molecular formula is C16H22BrNO3. The van der Waals surface area contributed by atoms with Crippen LogP contribution in [0.25, 0.3) is 0 Å². The van der Waals surface area contributed by atoms with Crippen molar-refractivity contribution in [1.29, 1.82) is 0 Å². The van der Waals surface area contributed by atoms with E-state index in [4.69, 9.17) is 4.74 Å². The molecular weight excluding hydrogens is 334 g/mol. The van der Waals surface area contributed by atoms with Gasteiger partial charge in [0.25, 0.3) is 5.91 Å². The summed E-state index contributed by atoms with van der Waals surface area (Å²) in [7, 11) is 0. The number of aliphatic hydroxyl groups is 1. The van der Waals surface area contributed by atoms with Crippen molar-refractivity contribution in [1.82, 2.24) is 5.32 Å². The van der Waals surface area contributed by atoms with Gasteiger partial charge in [0.2, 0.25) is 0 Å². The lowest BCUT2D eigenvalue weighted by molar-refractivity contribution is -0.128. The first-order valence-electron chi connectivity index (χ1n) is 7.42. The Bertz CT molecular complexity index is 498. The van der Waals surface area contributed by atoms with E-state index in [1.807, 2.05) is 6.07 Å². The maximum absolute atomic E-state index is 12.2. The van der Waals surface area contributed by atoms with Crippen molar-refractivity contribution >= 4 is 21.8 Å². The van der Waals surface area contributed by atoms with Crippen LogP contribution in [0.5, 0.6) is 5.75 Å². The van der Waals surface area contributed by atoms with Gasteiger partial charge in [0.05, 0.1) is 6.10 Å². The number of carbonyl (C=O) groups excluding carboxylic acids is 1. The predicted octanol–water partition coefficient (Wildman–Crippen LogP) is 3.33. The van der Waals surface area contributed by atoms with Crippen molar-refractivity contribution in [2.45, 2.75) is 57.8 Å². The molecule has 2 rings (SSSR count). The molecule has 0 aromatic heterocycles. The van der Waals surface area contributed by atoms with Crippen molar-refractivity contribution in [3.05, 3.63) is 28.2 Å². The van der Waals surface area contributed by atoms with E-state index in [2.05, 4.69) is 21.2 Å². The molecule has 21 heavy (non-hydrogen) atoms. The van der Waals surface area contributed by atoms with Crippen LogP contribution in [0.15, 0.2) is 22.7 Å². The molecule has 2 atom stereocenters. The maximum atomic E-state index is 12.2. The summed E-state index contributed by atoms with van der Waals surface area (Å²) in [5.74, 6) is 0.437. The zero-order chi connectivity index (χ0) is 15.4. The highest BCUT2D eigenvalue weighted by Gasteiger charge is 2.22. The van der Waals surface area contributed by atoms with Gasteiger partial charge >= 0.3 is 0 Å². The highest BCUT2D eigenvalue weighted by molar-refractivity contribution is 9.10. The summed E-state index contributed by atoms with van der Waals surface area (Å²) in [5, 5.41) is 12.8. The summed E-state index contributed by atoms with van der Waals surface area (Å²) in [6.45, 7) is 3.41. The summed E-state index contributed by atoms with van der Waals surface area (Å²) < 4.78 is 6.61. The number of nitrogens with one attached hydrogen (secondary N) is 1. The van der Waals surface area contributed by atoms with E-state index in [0.29, 0.717) is 11.3 Å². The smallest absolute Gasteiger partial charge is 0.260 e. The number of halogens is 1. The van der Waals surface area contributed by atoms with Crippen LogP contribution in [0, 0.1) is 0 Å². The summed E-state index contributed by atoms with van der Waals surface area (Å²) in [4.78, 5) is 12.2. The first-order chi connectivity index (χ1) is 9.97. The molecule has 0 bridgehead atoms. The summed E-state index contributed by atoms with van der Waals surface area (Å²) in [6, 6.07) is 5.70. The van der Waals surface area contributed by atoms with Crippen LogP contribution in [-0.2, 0) is 4.79 Å². The van der Waals surface area contributed by atoms with Crippen LogP contribution >= 0.6 is 15.9 Å². The number of hydrogen-bond acceptors (Lipinski definition) is 3. The predicted molar refractivity (Wildman–Crippen MR) is 85.3 cm³/mol. The number of carbonyl (C=O) groups is 1. The largest absolute Gasteiger partial charge is 0.480 e. The van der Waals surface area contributed by atoms with Gasteiger partial charge in [0.1, 0.15) is 5.75 Å². The third-order valence-corrected chi connectivity index (χ3v) is 4.29. The maximum Gasteiger partial charge on any atom is 0.260 e. The minimum atomic E-state index is -0.641. The van der Waals surface area contributed by atoms with Crippen molar-refractivity contribution in [2.75, 3.05) is 0 Å². The lowest BCUT2D eigenvalue weighted by Gasteiger charge is -2.20. The zero-order valence-electron chi connectivity index (χ0n) is 12.4. The quantitative estimate of drug-likeness (QED) is 0.851. The van der Waals surface area contributed by atoms with Crippen LogP contribution in [-0.4, -0.2) is 23.2 Å². The standard InChI is InChI=1S/C16H22BrNO3/c1-10(19)14-8-7-12(17)9-15(14)21-11(2)16(20)18-13-5-3-4-6-13/h7-11,13,19H,3-6H2,1-2H3,(H,18,20)/t10-,11?/m0/s1. The highest BCUT2D eigenvalue weighted by atomic mass is 79.9. The molecule has 0 spiro atoms. The molecule has 1 unspecified atom stereocenters. The van der Waals surface area contributed by atoms with Gasteiger partial charge in [-0.25, -0.2) is 0 Å². The van der Waals surface area contributed by atoms with E-state index in [-0.39, 0.29) is 11.9 Å². The fraction of sp³-hybridized carbons (Fsp3) is 0.562. The third kappa shape index (κ3) is 4.45. The van der Waals surface area contributed by atoms with Crippen LogP contribution in [0.2, 0.25) is 0 Å². The van der Waals surface area contributed by atoms with E-state index in [9.17, 15) is 9.90 Å². The Morgan fingerprint density at radius 2 is 2.05 bits per heavy atom. The molecule has 0 aliphatic heterocycles. The molecule has 0 saturated heterocycles. The molecule has 1 saturated carbocycles. The van der Waals surface area contributed by atoms with Gasteiger partial charge in [-0.3, -0.25) is 4.79 Å². The first kappa shape index (κ1) is 16.3. The number of rotatable bonds is 5. The number of aliphatic hydroxyl groups excluding tert-OH is 1. The first-order valence-corrected chi connectivity index (χ1v) is 8.21. The van der Waals surface area contributed by atoms with Crippen LogP contribution in [0.3, 0.4) is 0 Å². The Balaban J connectivity index is 2.02. The molecule has 1 aromatic carbocycles. The van der Waals surface area contributed by atoms with E-state index >= 15 is 0 Å². The monoisotopic (exact) mass is 355 g/mol. The van der Waals surface area contributed by atoms with Crippen LogP contribution in [0.1, 0.15) is 51.2 Å². The SMILES string of the molecule is CC(Oc1cc(Br)ccc1[C@H](C)O)C(=O)NC1CCCC1. The van der Waals surface area contributed by atoms with Gasteiger partial charge in [0.15, 0.2) is 6.10 Å². The molecule has 1 fully saturated rings. The average Bonchev–Trinajstić information content (AvgIpc) is 2.91. The Labute approximate surface area is 134 Å². The Morgan fingerprint density at radius 3 is 2.67 bits per heavy atom. The van der Waals surface area contributed by atoms with Gasteiger partial charge in [-0.2, -0.15) is 0 Å². The molecule has 5 heteroatoms. The zero-order valence-corrected chi connectivity index (χ0v) is 14.0. The average molecular weight is 356 g/mol. The Kier molecular flexibility index (Phi) is 5.65. The molecule has 1 aliphatic rings. The lowest BCUT2D eigenvalue weighted by Crippen LogP contribution is -2.41. The van der Waals surface area contributed by atoms with Crippen molar-refractivity contribution in [3.8, 4) is 5.75 Å². The number of amides is 1. The number of benzene rings is 1. The van der Waals surface area contributed by atoms with Crippen LogP contribution < -0.4 is 10.1 Å². The Hall–Kier alpha value is -1.07. The summed E-state index contributed by atoms with van der Waals surface area (Å²) in [5.41, 5.74) is 0.679. The lowest BCUT2D eigenvalue weighted by atomic mass is 10.1. The van der Waals surface area contributed by atoms with Gasteiger partial charge in [0, 0.05) is 16.1 Å². The highest BCUT2D eigenvalue weighted by Crippen LogP contribution is 2.29. The summed E-state index contributed by atoms with van der Waals surface area (Å²) >= 11 is 3.38. The minimum Gasteiger partial charge on any atom is -0.480 e. The second kappa shape index (κ2) is 7.27. The number of hydrogen-bond donors (Lipinski definition) is 2. The fourth-order valence-corrected chi connectivity index (χ4v) is 2.93. The molecule has 1 aromatic rings. The summed E-state index contributed by atoms with van der Waals surface area (Å²) in [6.07, 6.45) is 3.23. The second-order valence-corrected chi connectivity index (χ2v) is 6.52. The molecule has 4 nitrogen and oxygen atoms in total. The molecule has 116 valence electrons. The Morgan fingerprint density at radius 1 is 1.38 bits per heavy atom. The number of ether oxygens (including phenoxy) is 1. The van der Waals surface area contributed by atoms with Gasteiger partial charge in [-0.1, -0.05) is 34.8 Å².